The minimum absolute atomic E-state index is 0.246. The molecule has 0 spiro atoms. The van der Waals surface area contributed by atoms with Gasteiger partial charge in [0.1, 0.15) is 0 Å². The third kappa shape index (κ3) is 0.991. The number of hydrogen-bond donors (Lipinski definition) is 1. The molecule has 0 unspecified atom stereocenters. The fourth-order valence-corrected chi connectivity index (χ4v) is 0.971. The molecule has 1 aromatic rings. The molecule has 0 aromatic carbocycles. The van der Waals surface area contributed by atoms with Gasteiger partial charge in [-0.3, -0.25) is 0 Å². The van der Waals surface area contributed by atoms with Gasteiger partial charge in [0.2, 0.25) is 0 Å². The lowest BCUT2D eigenvalue weighted by atomic mass is 10.2. The van der Waals surface area contributed by atoms with Crippen LogP contribution in [0.25, 0.3) is 0 Å². The third-order valence-corrected chi connectivity index (χ3v) is 1.98. The number of ether oxygens (including phenoxy) is 1. The van der Waals surface area contributed by atoms with Gasteiger partial charge in [0, 0.05) is 6.07 Å². The van der Waals surface area contributed by atoms with Crippen molar-refractivity contribution in [3.63, 3.8) is 0 Å². The normalized spacial score (nSPS) is 19.8. The van der Waals surface area contributed by atoms with E-state index >= 15 is 0 Å². The highest BCUT2D eigenvalue weighted by molar-refractivity contribution is 5.23. The summed E-state index contributed by atoms with van der Waals surface area (Å²) in [4.78, 5) is 0. The first-order valence-electron chi connectivity index (χ1n) is 3.55. The van der Waals surface area contributed by atoms with E-state index in [0.717, 1.165) is 18.6 Å². The van der Waals surface area contributed by atoms with Crippen LogP contribution in [-0.2, 0) is 5.54 Å². The van der Waals surface area contributed by atoms with Crippen molar-refractivity contribution in [1.82, 2.24) is 5.16 Å². The molecule has 4 nitrogen and oxygen atoms in total. The zero-order valence-electron chi connectivity index (χ0n) is 6.33. The topological polar surface area (TPSA) is 61.3 Å². The summed E-state index contributed by atoms with van der Waals surface area (Å²) in [6.07, 6.45) is 1.96. The van der Waals surface area contributed by atoms with Crippen molar-refractivity contribution in [2.75, 3.05) is 7.11 Å². The molecule has 2 N–H and O–H groups in total. The van der Waals surface area contributed by atoms with Crippen LogP contribution in [0.3, 0.4) is 0 Å². The largest absolute Gasteiger partial charge is 0.479 e. The van der Waals surface area contributed by atoms with E-state index in [-0.39, 0.29) is 5.54 Å². The van der Waals surface area contributed by atoms with E-state index in [9.17, 15) is 0 Å². The molecule has 1 aliphatic carbocycles. The summed E-state index contributed by atoms with van der Waals surface area (Å²) in [5.74, 6) is 1.23. The summed E-state index contributed by atoms with van der Waals surface area (Å²) in [5.41, 5.74) is 5.60. The lowest BCUT2D eigenvalue weighted by Gasteiger charge is -1.98. The molecular weight excluding hydrogens is 144 g/mol. The Kier molecular flexibility index (Phi) is 1.20. The minimum atomic E-state index is -0.246. The molecule has 2 rings (SSSR count). The van der Waals surface area contributed by atoms with E-state index < -0.39 is 0 Å². The standard InChI is InChI=1S/C7H10N2O2/c1-10-6-4-5(11-9-6)7(8)2-3-7/h4H,2-3,8H2,1H3. The van der Waals surface area contributed by atoms with Crippen LogP contribution in [0.4, 0.5) is 0 Å². The van der Waals surface area contributed by atoms with Crippen LogP contribution >= 0.6 is 0 Å². The average molecular weight is 154 g/mol. The van der Waals surface area contributed by atoms with E-state index in [2.05, 4.69) is 5.16 Å². The smallest absolute Gasteiger partial charge is 0.254 e. The molecule has 0 radical (unpaired) electrons. The summed E-state index contributed by atoms with van der Waals surface area (Å²) in [6.45, 7) is 0. The van der Waals surface area contributed by atoms with Gasteiger partial charge in [-0.1, -0.05) is 0 Å². The number of methoxy groups -OCH3 is 1. The Morgan fingerprint density at radius 3 is 2.91 bits per heavy atom. The highest BCUT2D eigenvalue weighted by Gasteiger charge is 2.44. The Bertz CT molecular complexity index is 265. The fraction of sp³-hybridized carbons (Fsp3) is 0.571. The van der Waals surface area contributed by atoms with Crippen molar-refractivity contribution in [2.45, 2.75) is 18.4 Å². The van der Waals surface area contributed by atoms with Crippen LogP contribution in [0.15, 0.2) is 10.6 Å². The molecule has 1 aromatic heterocycles. The quantitative estimate of drug-likeness (QED) is 0.678. The second-order valence-electron chi connectivity index (χ2n) is 2.89. The predicted octanol–water partition coefficient (Wildman–Crippen LogP) is 0.631. The van der Waals surface area contributed by atoms with Gasteiger partial charge in [0.05, 0.1) is 12.6 Å². The van der Waals surface area contributed by atoms with Crippen LogP contribution in [0, 0.1) is 0 Å². The Hall–Kier alpha value is -1.03. The Labute approximate surface area is 64.3 Å². The first-order chi connectivity index (χ1) is 5.24. The van der Waals surface area contributed by atoms with Crippen molar-refractivity contribution in [2.24, 2.45) is 5.73 Å². The number of rotatable bonds is 2. The average Bonchev–Trinajstić information content (AvgIpc) is 2.61. The van der Waals surface area contributed by atoms with E-state index in [0.29, 0.717) is 5.88 Å². The van der Waals surface area contributed by atoms with Crippen LogP contribution < -0.4 is 10.5 Å². The molecule has 0 aliphatic heterocycles. The van der Waals surface area contributed by atoms with E-state index in [1.807, 2.05) is 0 Å². The summed E-state index contributed by atoms with van der Waals surface area (Å²) in [5, 5.41) is 3.66. The molecular formula is C7H10N2O2. The lowest BCUT2D eigenvalue weighted by Crippen LogP contribution is -2.17. The van der Waals surface area contributed by atoms with Gasteiger partial charge < -0.3 is 15.0 Å². The van der Waals surface area contributed by atoms with Crippen molar-refractivity contribution in [3.05, 3.63) is 11.8 Å². The fourth-order valence-electron chi connectivity index (χ4n) is 0.971. The minimum Gasteiger partial charge on any atom is -0.479 e. The molecule has 0 saturated heterocycles. The monoisotopic (exact) mass is 154 g/mol. The summed E-state index contributed by atoms with van der Waals surface area (Å²) >= 11 is 0. The van der Waals surface area contributed by atoms with Crippen LogP contribution in [0.5, 0.6) is 5.88 Å². The van der Waals surface area contributed by atoms with Gasteiger partial charge in [0.15, 0.2) is 5.76 Å². The Morgan fingerprint density at radius 1 is 1.73 bits per heavy atom. The van der Waals surface area contributed by atoms with Crippen molar-refractivity contribution in [3.8, 4) is 5.88 Å². The Morgan fingerprint density at radius 2 is 2.45 bits per heavy atom. The number of aromatic nitrogens is 1. The van der Waals surface area contributed by atoms with Gasteiger partial charge in [-0.2, -0.15) is 0 Å². The first-order valence-corrected chi connectivity index (χ1v) is 3.55. The highest BCUT2D eigenvalue weighted by Crippen LogP contribution is 2.43. The maximum atomic E-state index is 5.85. The molecule has 0 bridgehead atoms. The van der Waals surface area contributed by atoms with Crippen LogP contribution in [-0.4, -0.2) is 12.3 Å². The zero-order chi connectivity index (χ0) is 7.90. The molecule has 60 valence electrons. The third-order valence-electron chi connectivity index (χ3n) is 1.98. The molecule has 0 atom stereocenters. The maximum Gasteiger partial charge on any atom is 0.254 e. The Balaban J connectivity index is 2.25. The van der Waals surface area contributed by atoms with Gasteiger partial charge in [-0.05, 0) is 18.0 Å². The second-order valence-corrected chi connectivity index (χ2v) is 2.89. The molecule has 4 heteroatoms. The summed E-state index contributed by atoms with van der Waals surface area (Å²) in [6, 6.07) is 1.74. The van der Waals surface area contributed by atoms with E-state index in [4.69, 9.17) is 15.0 Å². The number of nitrogens with two attached hydrogens (primary N) is 1. The number of hydrogen-bond acceptors (Lipinski definition) is 4. The molecule has 0 amide bonds. The van der Waals surface area contributed by atoms with E-state index in [1.54, 1.807) is 13.2 Å². The summed E-state index contributed by atoms with van der Waals surface area (Å²) < 4.78 is 9.84. The molecule has 11 heavy (non-hydrogen) atoms. The van der Waals surface area contributed by atoms with Crippen molar-refractivity contribution in [1.29, 1.82) is 0 Å². The van der Waals surface area contributed by atoms with Crippen molar-refractivity contribution < 1.29 is 9.26 Å². The molecule has 1 saturated carbocycles. The molecule has 1 fully saturated rings. The highest BCUT2D eigenvalue weighted by atomic mass is 16.5. The van der Waals surface area contributed by atoms with E-state index in [1.165, 1.54) is 0 Å². The van der Waals surface area contributed by atoms with Gasteiger partial charge in [-0.25, -0.2) is 0 Å². The molecule has 1 heterocycles. The zero-order valence-corrected chi connectivity index (χ0v) is 6.33. The van der Waals surface area contributed by atoms with Crippen LogP contribution in [0.1, 0.15) is 18.6 Å². The first kappa shape index (κ1) is 6.67. The van der Waals surface area contributed by atoms with Crippen LogP contribution in [0.2, 0.25) is 0 Å². The van der Waals surface area contributed by atoms with Gasteiger partial charge in [-0.15, -0.1) is 0 Å². The van der Waals surface area contributed by atoms with Gasteiger partial charge >= 0.3 is 0 Å². The lowest BCUT2D eigenvalue weighted by molar-refractivity contribution is 0.314. The van der Waals surface area contributed by atoms with Crippen molar-refractivity contribution >= 4 is 0 Å². The maximum absolute atomic E-state index is 5.85. The SMILES string of the molecule is COc1cc(C2(N)CC2)on1. The number of nitrogens with zero attached hydrogens (tertiary/aromatic N) is 1. The molecule has 1 aliphatic rings. The predicted molar refractivity (Wildman–Crippen MR) is 38.2 cm³/mol. The second kappa shape index (κ2) is 1.98. The summed E-state index contributed by atoms with van der Waals surface area (Å²) in [7, 11) is 1.55. The van der Waals surface area contributed by atoms with Gasteiger partial charge in [0.25, 0.3) is 5.88 Å².